The summed E-state index contributed by atoms with van der Waals surface area (Å²) < 4.78 is 2.00. The van der Waals surface area contributed by atoms with Crippen LogP contribution in [-0.4, -0.2) is 57.5 Å². The molecule has 0 atom stereocenters. The largest absolute Gasteiger partial charge is 0.290 e. The predicted octanol–water partition coefficient (Wildman–Crippen LogP) is 1.68. The maximum Gasteiger partial charge on any atom is 0.256 e. The molecule has 0 N–H and O–H groups in total. The van der Waals surface area contributed by atoms with Crippen molar-refractivity contribution in [2.45, 2.75) is 19.4 Å². The number of hydrazone groups is 1. The summed E-state index contributed by atoms with van der Waals surface area (Å²) in [6.07, 6.45) is 4.75. The van der Waals surface area contributed by atoms with Gasteiger partial charge in [-0.15, -0.1) is 0 Å². The zero-order valence-corrected chi connectivity index (χ0v) is 13.8. The molecular weight excluding hydrogens is 302 g/mol. The van der Waals surface area contributed by atoms with Gasteiger partial charge in [0, 0.05) is 25.7 Å². The number of likely N-dealkylation sites (tertiary alicyclic amines) is 1. The highest BCUT2D eigenvalue weighted by Crippen LogP contribution is 2.21. The summed E-state index contributed by atoms with van der Waals surface area (Å²) in [6.45, 7) is 4.89. The van der Waals surface area contributed by atoms with Crippen molar-refractivity contribution in [2.24, 2.45) is 5.10 Å². The molecule has 0 saturated carbocycles. The Hall–Kier alpha value is -2.47. The number of aromatic nitrogens is 2. The van der Waals surface area contributed by atoms with E-state index in [4.69, 9.17) is 0 Å². The number of aryl methyl sites for hydroxylation is 1. The van der Waals surface area contributed by atoms with E-state index >= 15 is 0 Å². The first-order valence-electron chi connectivity index (χ1n) is 8.35. The number of amides is 1. The molecule has 2 aromatic rings. The molecule has 6 heteroatoms. The van der Waals surface area contributed by atoms with E-state index in [1.165, 1.54) is 5.56 Å². The molecule has 0 aliphatic carbocycles. The highest BCUT2D eigenvalue weighted by molar-refractivity contribution is 6.02. The van der Waals surface area contributed by atoms with E-state index in [0.717, 1.165) is 30.8 Å². The van der Waals surface area contributed by atoms with E-state index < -0.39 is 0 Å². The molecule has 124 valence electrons. The molecule has 1 aromatic heterocycles. The fraction of sp³-hybridized carbons (Fsp3) is 0.389. The summed E-state index contributed by atoms with van der Waals surface area (Å²) in [7, 11) is 0. The Morgan fingerprint density at radius 2 is 2.04 bits per heavy atom. The van der Waals surface area contributed by atoms with Crippen molar-refractivity contribution in [1.82, 2.24) is 19.7 Å². The normalized spacial score (nSPS) is 18.5. The van der Waals surface area contributed by atoms with Gasteiger partial charge in [0.05, 0.1) is 31.0 Å². The van der Waals surface area contributed by atoms with Crippen LogP contribution in [0.1, 0.15) is 23.6 Å². The van der Waals surface area contributed by atoms with Gasteiger partial charge >= 0.3 is 0 Å². The lowest BCUT2D eigenvalue weighted by Crippen LogP contribution is -2.51. The summed E-state index contributed by atoms with van der Waals surface area (Å²) in [5.74, 6) is 0.0797. The minimum atomic E-state index is 0.0797. The zero-order chi connectivity index (χ0) is 16.5. The van der Waals surface area contributed by atoms with Gasteiger partial charge in [0.2, 0.25) is 0 Å². The lowest BCUT2D eigenvalue weighted by atomic mass is 10.1. The molecule has 2 aliphatic rings. The third-order valence-electron chi connectivity index (χ3n) is 4.60. The summed E-state index contributed by atoms with van der Waals surface area (Å²) in [5.41, 5.74) is 3.27. The van der Waals surface area contributed by atoms with Crippen molar-refractivity contribution < 1.29 is 4.79 Å². The van der Waals surface area contributed by atoms with Crippen LogP contribution in [0.2, 0.25) is 0 Å². The van der Waals surface area contributed by atoms with Crippen LogP contribution in [0.4, 0.5) is 0 Å². The van der Waals surface area contributed by atoms with E-state index in [2.05, 4.69) is 21.3 Å². The Balaban J connectivity index is 1.31. The second kappa shape index (κ2) is 6.20. The van der Waals surface area contributed by atoms with E-state index in [1.54, 1.807) is 5.01 Å². The van der Waals surface area contributed by atoms with Crippen molar-refractivity contribution in [3.8, 4) is 0 Å². The highest BCUT2D eigenvalue weighted by atomic mass is 16.2. The standard InChI is InChI=1S/C18H21N5O/c1-14-9-19-23(10-14)16-11-21(12-16)13-18(24)22-8-7-17(20-22)15-5-3-2-4-6-15/h2-6,9-10,16H,7-8,11-13H2,1H3. The second-order valence-corrected chi connectivity index (χ2v) is 6.53. The van der Waals surface area contributed by atoms with Crippen LogP contribution in [0.25, 0.3) is 0 Å². The molecule has 0 spiro atoms. The molecule has 0 radical (unpaired) electrons. The van der Waals surface area contributed by atoms with Gasteiger partial charge in [-0.25, -0.2) is 5.01 Å². The maximum absolute atomic E-state index is 12.4. The molecule has 1 aromatic carbocycles. The fourth-order valence-corrected chi connectivity index (χ4v) is 3.22. The highest BCUT2D eigenvalue weighted by Gasteiger charge is 2.32. The Labute approximate surface area is 141 Å². The van der Waals surface area contributed by atoms with Crippen LogP contribution >= 0.6 is 0 Å². The molecule has 1 amide bonds. The van der Waals surface area contributed by atoms with E-state index in [-0.39, 0.29) is 5.91 Å². The minimum absolute atomic E-state index is 0.0797. The van der Waals surface area contributed by atoms with Gasteiger partial charge < -0.3 is 0 Å². The van der Waals surface area contributed by atoms with Gasteiger partial charge in [0.15, 0.2) is 0 Å². The van der Waals surface area contributed by atoms with Crippen LogP contribution in [-0.2, 0) is 4.79 Å². The van der Waals surface area contributed by atoms with Gasteiger partial charge in [0.1, 0.15) is 0 Å². The van der Waals surface area contributed by atoms with Gasteiger partial charge in [-0.2, -0.15) is 10.2 Å². The van der Waals surface area contributed by atoms with E-state index in [1.807, 2.05) is 48.1 Å². The van der Waals surface area contributed by atoms with E-state index in [9.17, 15) is 4.79 Å². The molecule has 1 fully saturated rings. The van der Waals surface area contributed by atoms with Crippen molar-refractivity contribution in [3.63, 3.8) is 0 Å². The third kappa shape index (κ3) is 2.97. The Bertz CT molecular complexity index is 761. The molecular formula is C18H21N5O. The number of nitrogens with zero attached hydrogens (tertiary/aromatic N) is 5. The first-order valence-corrected chi connectivity index (χ1v) is 8.35. The summed E-state index contributed by atoms with van der Waals surface area (Å²) >= 11 is 0. The maximum atomic E-state index is 12.4. The summed E-state index contributed by atoms with van der Waals surface area (Å²) in [5, 5.41) is 10.5. The minimum Gasteiger partial charge on any atom is -0.290 e. The monoisotopic (exact) mass is 323 g/mol. The third-order valence-corrected chi connectivity index (χ3v) is 4.60. The van der Waals surface area contributed by atoms with Crippen molar-refractivity contribution in [1.29, 1.82) is 0 Å². The van der Waals surface area contributed by atoms with Crippen molar-refractivity contribution >= 4 is 11.6 Å². The van der Waals surface area contributed by atoms with Gasteiger partial charge in [-0.1, -0.05) is 30.3 Å². The number of rotatable bonds is 4. The quantitative estimate of drug-likeness (QED) is 0.860. The Morgan fingerprint density at radius 3 is 2.75 bits per heavy atom. The topological polar surface area (TPSA) is 53.7 Å². The number of hydrogen-bond acceptors (Lipinski definition) is 4. The number of benzene rings is 1. The molecule has 0 unspecified atom stereocenters. The molecule has 6 nitrogen and oxygen atoms in total. The first-order chi connectivity index (χ1) is 11.7. The summed E-state index contributed by atoms with van der Waals surface area (Å²) in [4.78, 5) is 14.6. The van der Waals surface area contributed by atoms with Crippen molar-refractivity contribution in [2.75, 3.05) is 26.2 Å². The number of carbonyl (C=O) groups excluding carboxylic acids is 1. The molecule has 24 heavy (non-hydrogen) atoms. The zero-order valence-electron chi connectivity index (χ0n) is 13.8. The SMILES string of the molecule is Cc1cnn(C2CN(CC(=O)N3CCC(c4ccccc4)=N3)C2)c1. The average molecular weight is 323 g/mol. The van der Waals surface area contributed by atoms with Gasteiger partial charge in [0.25, 0.3) is 5.91 Å². The van der Waals surface area contributed by atoms with Crippen molar-refractivity contribution in [3.05, 3.63) is 53.9 Å². The van der Waals surface area contributed by atoms with Crippen LogP contribution in [0.3, 0.4) is 0 Å². The fourth-order valence-electron chi connectivity index (χ4n) is 3.22. The lowest BCUT2D eigenvalue weighted by Gasteiger charge is -2.39. The average Bonchev–Trinajstić information content (AvgIpc) is 3.20. The molecule has 2 aliphatic heterocycles. The molecule has 0 bridgehead atoms. The predicted molar refractivity (Wildman–Crippen MR) is 91.8 cm³/mol. The Kier molecular flexibility index (Phi) is 3.90. The lowest BCUT2D eigenvalue weighted by molar-refractivity contribution is -0.133. The molecule has 3 heterocycles. The van der Waals surface area contributed by atoms with Crippen LogP contribution in [0.5, 0.6) is 0 Å². The van der Waals surface area contributed by atoms with Gasteiger partial charge in [-0.3, -0.25) is 14.4 Å². The van der Waals surface area contributed by atoms with Gasteiger partial charge in [-0.05, 0) is 18.1 Å². The smallest absolute Gasteiger partial charge is 0.256 e. The summed E-state index contributed by atoms with van der Waals surface area (Å²) in [6, 6.07) is 10.5. The van der Waals surface area contributed by atoms with Crippen LogP contribution < -0.4 is 0 Å². The molecule has 4 rings (SSSR count). The number of hydrogen-bond donors (Lipinski definition) is 0. The van der Waals surface area contributed by atoms with E-state index in [0.29, 0.717) is 19.1 Å². The molecule has 1 saturated heterocycles. The first kappa shape index (κ1) is 15.1. The van der Waals surface area contributed by atoms with Crippen LogP contribution in [0.15, 0.2) is 47.8 Å². The second-order valence-electron chi connectivity index (χ2n) is 6.53. The van der Waals surface area contributed by atoms with Crippen LogP contribution in [0, 0.1) is 6.92 Å². The number of carbonyl (C=O) groups is 1. The Morgan fingerprint density at radius 1 is 1.25 bits per heavy atom.